The third-order valence-corrected chi connectivity index (χ3v) is 5.70. The maximum Gasteiger partial charge on any atom is 0.269 e. The van der Waals surface area contributed by atoms with Gasteiger partial charge in [-0.2, -0.15) is 0 Å². The molecule has 0 saturated heterocycles. The minimum absolute atomic E-state index is 0.0238. The van der Waals surface area contributed by atoms with Crippen LogP contribution < -0.4 is 0 Å². The van der Waals surface area contributed by atoms with Crippen LogP contribution in [-0.4, -0.2) is 18.6 Å². The molecule has 0 aliphatic carbocycles. The molecule has 108 valence electrons. The van der Waals surface area contributed by atoms with Gasteiger partial charge in [-0.15, -0.1) is 0 Å². The van der Waals surface area contributed by atoms with Gasteiger partial charge >= 0.3 is 0 Å². The Morgan fingerprint density at radius 1 is 1.14 bits per heavy atom. The fourth-order valence-electron chi connectivity index (χ4n) is 2.19. The SMILES string of the molecule is O=C1c2cc(I)ccc2S(=O)(=O)N1Cc1ccccc1F. The maximum atomic E-state index is 13.7. The molecule has 0 spiro atoms. The smallest absolute Gasteiger partial charge is 0.268 e. The fraction of sp³-hybridized carbons (Fsp3) is 0.0714. The summed E-state index contributed by atoms with van der Waals surface area (Å²) >= 11 is 2.01. The van der Waals surface area contributed by atoms with Crippen molar-refractivity contribution in [2.24, 2.45) is 0 Å². The molecule has 0 aromatic heterocycles. The molecule has 2 aromatic rings. The number of rotatable bonds is 2. The summed E-state index contributed by atoms with van der Waals surface area (Å²) in [6.07, 6.45) is 0. The summed E-state index contributed by atoms with van der Waals surface area (Å²) < 4.78 is 40.0. The summed E-state index contributed by atoms with van der Waals surface area (Å²) in [6.45, 7) is -0.306. The largest absolute Gasteiger partial charge is 0.269 e. The van der Waals surface area contributed by atoms with Gasteiger partial charge in [-0.25, -0.2) is 17.1 Å². The number of benzene rings is 2. The Balaban J connectivity index is 2.07. The molecule has 1 aliphatic heterocycles. The van der Waals surface area contributed by atoms with Crippen LogP contribution in [0, 0.1) is 9.39 Å². The summed E-state index contributed by atoms with van der Waals surface area (Å²) in [5.41, 5.74) is 0.301. The van der Waals surface area contributed by atoms with Gasteiger partial charge < -0.3 is 0 Å². The highest BCUT2D eigenvalue weighted by Gasteiger charge is 2.41. The number of hydrogen-bond acceptors (Lipinski definition) is 3. The lowest BCUT2D eigenvalue weighted by molar-refractivity contribution is 0.0864. The van der Waals surface area contributed by atoms with E-state index in [9.17, 15) is 17.6 Å². The van der Waals surface area contributed by atoms with Gasteiger partial charge in [0.15, 0.2) is 0 Å². The highest BCUT2D eigenvalue weighted by Crippen LogP contribution is 2.32. The maximum absolute atomic E-state index is 13.7. The molecule has 7 heteroatoms. The van der Waals surface area contributed by atoms with Gasteiger partial charge in [-0.1, -0.05) is 18.2 Å². The normalized spacial score (nSPS) is 16.1. The molecule has 1 amide bonds. The van der Waals surface area contributed by atoms with Crippen LogP contribution in [0.1, 0.15) is 15.9 Å². The van der Waals surface area contributed by atoms with Crippen LogP contribution in [0.5, 0.6) is 0 Å². The van der Waals surface area contributed by atoms with E-state index < -0.39 is 21.7 Å². The van der Waals surface area contributed by atoms with Gasteiger partial charge in [0.2, 0.25) is 0 Å². The average Bonchev–Trinajstić information content (AvgIpc) is 2.62. The number of amides is 1. The number of carbonyl (C=O) groups is 1. The molecule has 4 nitrogen and oxygen atoms in total. The van der Waals surface area contributed by atoms with Crippen LogP contribution in [0.15, 0.2) is 47.4 Å². The first kappa shape index (κ1) is 14.5. The highest BCUT2D eigenvalue weighted by molar-refractivity contribution is 14.1. The first-order valence-electron chi connectivity index (χ1n) is 6.01. The Morgan fingerprint density at radius 3 is 2.57 bits per heavy atom. The quantitative estimate of drug-likeness (QED) is 0.707. The Bertz CT molecular complexity index is 851. The summed E-state index contributed by atoms with van der Waals surface area (Å²) in [5.74, 6) is -1.15. The van der Waals surface area contributed by atoms with E-state index in [1.807, 2.05) is 22.6 Å². The molecule has 0 atom stereocenters. The number of fused-ring (bicyclic) bond motifs is 1. The standard InChI is InChI=1S/C14H9FINO3S/c15-12-4-2-1-3-9(12)8-17-14(18)11-7-10(16)5-6-13(11)21(17,19)20/h1-7H,8H2. The number of halogens is 2. The zero-order valence-electron chi connectivity index (χ0n) is 10.6. The van der Waals surface area contributed by atoms with Gasteiger partial charge in [0.05, 0.1) is 12.1 Å². The summed E-state index contributed by atoms with van der Waals surface area (Å²) in [4.78, 5) is 12.3. The Hall–Kier alpha value is -1.48. The van der Waals surface area contributed by atoms with Crippen molar-refractivity contribution in [1.29, 1.82) is 0 Å². The first-order valence-corrected chi connectivity index (χ1v) is 8.53. The van der Waals surface area contributed by atoms with E-state index in [4.69, 9.17) is 0 Å². The molecule has 0 N–H and O–H groups in total. The topological polar surface area (TPSA) is 54.5 Å². The minimum atomic E-state index is -3.91. The van der Waals surface area contributed by atoms with Gasteiger partial charge in [-0.3, -0.25) is 4.79 Å². The summed E-state index contributed by atoms with van der Waals surface area (Å²) in [6, 6.07) is 10.4. The van der Waals surface area contributed by atoms with Crippen LogP contribution in [0.3, 0.4) is 0 Å². The van der Waals surface area contributed by atoms with Gasteiger partial charge in [0, 0.05) is 9.13 Å². The molecule has 2 aromatic carbocycles. The molecule has 1 heterocycles. The molecule has 0 radical (unpaired) electrons. The highest BCUT2D eigenvalue weighted by atomic mass is 127. The second-order valence-corrected chi connectivity index (χ2v) is 7.63. The number of nitrogens with zero attached hydrogens (tertiary/aromatic N) is 1. The van der Waals surface area contributed by atoms with Gasteiger partial charge in [-0.05, 0) is 46.9 Å². The second-order valence-electron chi connectivity index (χ2n) is 4.55. The second kappa shape index (κ2) is 5.06. The lowest BCUT2D eigenvalue weighted by atomic mass is 10.2. The average molecular weight is 417 g/mol. The summed E-state index contributed by atoms with van der Waals surface area (Å²) in [7, 11) is -3.91. The monoisotopic (exact) mass is 417 g/mol. The lowest BCUT2D eigenvalue weighted by Gasteiger charge is -2.15. The van der Waals surface area contributed by atoms with Crippen LogP contribution in [0.4, 0.5) is 4.39 Å². The van der Waals surface area contributed by atoms with Crippen LogP contribution >= 0.6 is 22.6 Å². The molecule has 0 unspecified atom stereocenters. The van der Waals surface area contributed by atoms with Crippen molar-refractivity contribution in [3.05, 3.63) is 63.0 Å². The Labute approximate surface area is 134 Å². The van der Waals surface area contributed by atoms with E-state index in [0.717, 1.165) is 3.57 Å². The number of hydrogen-bond donors (Lipinski definition) is 0. The van der Waals surface area contributed by atoms with Crippen LogP contribution in [0.2, 0.25) is 0 Å². The zero-order chi connectivity index (χ0) is 15.2. The van der Waals surface area contributed by atoms with E-state index in [1.165, 1.54) is 30.3 Å². The van der Waals surface area contributed by atoms with Crippen molar-refractivity contribution >= 4 is 38.5 Å². The molecular weight excluding hydrogens is 408 g/mol. The predicted molar refractivity (Wildman–Crippen MR) is 82.6 cm³/mol. The van der Waals surface area contributed by atoms with Crippen molar-refractivity contribution in [1.82, 2.24) is 4.31 Å². The molecule has 21 heavy (non-hydrogen) atoms. The fourth-order valence-corrected chi connectivity index (χ4v) is 4.21. The Morgan fingerprint density at radius 2 is 1.86 bits per heavy atom. The van der Waals surface area contributed by atoms with E-state index >= 15 is 0 Å². The minimum Gasteiger partial charge on any atom is -0.268 e. The third-order valence-electron chi connectivity index (χ3n) is 3.24. The molecule has 0 fully saturated rings. The van der Waals surface area contributed by atoms with Crippen LogP contribution in [-0.2, 0) is 16.6 Å². The third kappa shape index (κ3) is 2.34. The van der Waals surface area contributed by atoms with Gasteiger partial charge in [0.25, 0.3) is 15.9 Å². The van der Waals surface area contributed by atoms with E-state index in [1.54, 1.807) is 12.1 Å². The Kier molecular flexibility index (Phi) is 3.48. The molecule has 3 rings (SSSR count). The lowest BCUT2D eigenvalue weighted by Crippen LogP contribution is -2.29. The molecule has 1 aliphatic rings. The van der Waals surface area contributed by atoms with Crippen LogP contribution in [0.25, 0.3) is 0 Å². The molecule has 0 saturated carbocycles. The first-order chi connectivity index (χ1) is 9.91. The van der Waals surface area contributed by atoms with Crippen molar-refractivity contribution in [2.75, 3.05) is 0 Å². The summed E-state index contributed by atoms with van der Waals surface area (Å²) in [5, 5.41) is 0. The number of sulfonamides is 1. The molecular formula is C14H9FINO3S. The van der Waals surface area contributed by atoms with Crippen molar-refractivity contribution in [3.8, 4) is 0 Å². The van der Waals surface area contributed by atoms with Gasteiger partial charge in [0.1, 0.15) is 10.7 Å². The van der Waals surface area contributed by atoms with E-state index in [0.29, 0.717) is 4.31 Å². The number of carbonyl (C=O) groups excluding carboxylic acids is 1. The molecule has 0 bridgehead atoms. The van der Waals surface area contributed by atoms with E-state index in [-0.39, 0.29) is 22.6 Å². The van der Waals surface area contributed by atoms with Crippen molar-refractivity contribution < 1.29 is 17.6 Å². The van der Waals surface area contributed by atoms with Crippen molar-refractivity contribution in [2.45, 2.75) is 11.4 Å². The zero-order valence-corrected chi connectivity index (χ0v) is 13.6. The van der Waals surface area contributed by atoms with Crippen molar-refractivity contribution in [3.63, 3.8) is 0 Å². The predicted octanol–water partition coefficient (Wildman–Crippen LogP) is 2.78. The van der Waals surface area contributed by atoms with E-state index in [2.05, 4.69) is 0 Å².